The molecule has 4 heteroatoms. The van der Waals surface area contributed by atoms with E-state index in [9.17, 15) is 4.79 Å². The predicted octanol–water partition coefficient (Wildman–Crippen LogP) is 1.30. The number of nitrogens with zero attached hydrogens (tertiary/aromatic N) is 1. The van der Waals surface area contributed by atoms with Gasteiger partial charge in [0, 0.05) is 19.4 Å². The summed E-state index contributed by atoms with van der Waals surface area (Å²) in [6, 6.07) is 1.73. The highest BCUT2D eigenvalue weighted by atomic mass is 16.5. The molecule has 1 aromatic rings. The molecule has 1 N–H and O–H groups in total. The van der Waals surface area contributed by atoms with E-state index in [0.717, 1.165) is 5.69 Å². The van der Waals surface area contributed by atoms with Crippen LogP contribution in [-0.2, 0) is 4.74 Å². The van der Waals surface area contributed by atoms with Crippen LogP contribution >= 0.6 is 0 Å². The minimum Gasteiger partial charge on any atom is -0.462 e. The summed E-state index contributed by atoms with van der Waals surface area (Å²) >= 11 is 0. The molecule has 0 fully saturated rings. The van der Waals surface area contributed by atoms with Crippen molar-refractivity contribution in [2.75, 3.05) is 19.0 Å². The van der Waals surface area contributed by atoms with Gasteiger partial charge in [-0.05, 0) is 13.0 Å². The summed E-state index contributed by atoms with van der Waals surface area (Å²) in [6.45, 7) is 2.14. The van der Waals surface area contributed by atoms with Crippen molar-refractivity contribution in [3.05, 3.63) is 24.0 Å². The Labute approximate surface area is 76.9 Å². The van der Waals surface area contributed by atoms with Gasteiger partial charge in [-0.3, -0.25) is 4.98 Å². The molecule has 0 bridgehead atoms. The number of esters is 1. The maximum Gasteiger partial charge on any atom is 0.341 e. The molecule has 0 aliphatic heterocycles. The maximum absolute atomic E-state index is 11.3. The average Bonchev–Trinajstić information content (AvgIpc) is 2.18. The van der Waals surface area contributed by atoms with E-state index in [0.29, 0.717) is 12.2 Å². The monoisotopic (exact) mass is 180 g/mol. The fraction of sp³-hybridized carbons (Fsp3) is 0.333. The zero-order valence-electron chi connectivity index (χ0n) is 7.70. The Morgan fingerprint density at radius 1 is 1.69 bits per heavy atom. The molecule has 1 aromatic heterocycles. The normalized spacial score (nSPS) is 9.38. The second-order valence-electron chi connectivity index (χ2n) is 2.39. The number of hydrogen-bond donors (Lipinski definition) is 1. The van der Waals surface area contributed by atoms with E-state index in [2.05, 4.69) is 10.3 Å². The van der Waals surface area contributed by atoms with Crippen LogP contribution < -0.4 is 5.32 Å². The number of carbonyl (C=O) groups is 1. The van der Waals surface area contributed by atoms with Gasteiger partial charge in [-0.1, -0.05) is 0 Å². The molecule has 0 spiro atoms. The molecule has 0 atom stereocenters. The van der Waals surface area contributed by atoms with Crippen molar-refractivity contribution >= 4 is 11.7 Å². The van der Waals surface area contributed by atoms with Gasteiger partial charge in [-0.25, -0.2) is 4.79 Å². The van der Waals surface area contributed by atoms with Crippen LogP contribution in [0.4, 0.5) is 5.69 Å². The van der Waals surface area contributed by atoms with Gasteiger partial charge in [-0.15, -0.1) is 0 Å². The number of ether oxygens (including phenoxy) is 1. The third-order valence-corrected chi connectivity index (χ3v) is 1.59. The zero-order chi connectivity index (χ0) is 9.68. The van der Waals surface area contributed by atoms with E-state index in [1.165, 1.54) is 6.20 Å². The van der Waals surface area contributed by atoms with Gasteiger partial charge in [-0.2, -0.15) is 0 Å². The molecular weight excluding hydrogens is 168 g/mol. The Bertz CT molecular complexity index is 299. The Morgan fingerprint density at radius 3 is 3.08 bits per heavy atom. The Balaban J connectivity index is 2.92. The smallest absolute Gasteiger partial charge is 0.341 e. The minimum atomic E-state index is -0.347. The van der Waals surface area contributed by atoms with E-state index >= 15 is 0 Å². The van der Waals surface area contributed by atoms with Crippen LogP contribution in [-0.4, -0.2) is 24.6 Å². The highest BCUT2D eigenvalue weighted by molar-refractivity contribution is 5.95. The summed E-state index contributed by atoms with van der Waals surface area (Å²) < 4.78 is 4.85. The molecule has 0 saturated heterocycles. The van der Waals surface area contributed by atoms with E-state index < -0.39 is 0 Å². The van der Waals surface area contributed by atoms with Gasteiger partial charge >= 0.3 is 5.97 Å². The lowest BCUT2D eigenvalue weighted by molar-refractivity contribution is 0.0527. The van der Waals surface area contributed by atoms with Crippen molar-refractivity contribution < 1.29 is 9.53 Å². The van der Waals surface area contributed by atoms with Gasteiger partial charge in [0.15, 0.2) is 0 Å². The van der Waals surface area contributed by atoms with E-state index in [1.54, 1.807) is 26.2 Å². The highest BCUT2D eigenvalue weighted by Crippen LogP contribution is 2.13. The molecule has 1 rings (SSSR count). The van der Waals surface area contributed by atoms with Crippen molar-refractivity contribution in [3.8, 4) is 0 Å². The molecule has 1 heterocycles. The molecule has 0 saturated carbocycles. The molecular formula is C9H12N2O2. The van der Waals surface area contributed by atoms with Gasteiger partial charge in [0.25, 0.3) is 0 Å². The number of carbonyl (C=O) groups excluding carboxylic acids is 1. The maximum atomic E-state index is 11.3. The van der Waals surface area contributed by atoms with E-state index in [1.807, 2.05) is 0 Å². The van der Waals surface area contributed by atoms with Crippen molar-refractivity contribution in [2.45, 2.75) is 6.92 Å². The van der Waals surface area contributed by atoms with Crippen molar-refractivity contribution in [1.29, 1.82) is 0 Å². The summed E-state index contributed by atoms with van der Waals surface area (Å²) in [5, 5.41) is 2.89. The predicted molar refractivity (Wildman–Crippen MR) is 49.7 cm³/mol. The number of nitrogens with one attached hydrogen (secondary N) is 1. The van der Waals surface area contributed by atoms with Crippen LogP contribution in [0.5, 0.6) is 0 Å². The molecule has 0 amide bonds. The van der Waals surface area contributed by atoms with Gasteiger partial charge < -0.3 is 10.1 Å². The van der Waals surface area contributed by atoms with Crippen LogP contribution in [0.2, 0.25) is 0 Å². The van der Waals surface area contributed by atoms with Gasteiger partial charge in [0.1, 0.15) is 5.56 Å². The second kappa shape index (κ2) is 4.45. The first-order valence-corrected chi connectivity index (χ1v) is 4.08. The molecule has 0 unspecified atom stereocenters. The molecule has 4 nitrogen and oxygen atoms in total. The number of hydrogen-bond acceptors (Lipinski definition) is 4. The first-order chi connectivity index (χ1) is 6.29. The minimum absolute atomic E-state index is 0.347. The largest absolute Gasteiger partial charge is 0.462 e. The summed E-state index contributed by atoms with van der Waals surface area (Å²) in [5.74, 6) is -0.347. The first kappa shape index (κ1) is 9.51. The number of rotatable bonds is 3. The third kappa shape index (κ3) is 2.18. The van der Waals surface area contributed by atoms with Crippen LogP contribution in [0, 0.1) is 0 Å². The SMILES string of the molecule is CCOC(=O)c1cnccc1NC. The fourth-order valence-electron chi connectivity index (χ4n) is 0.984. The lowest BCUT2D eigenvalue weighted by Gasteiger charge is -2.06. The summed E-state index contributed by atoms with van der Waals surface area (Å²) in [5.41, 5.74) is 1.19. The third-order valence-electron chi connectivity index (χ3n) is 1.59. The van der Waals surface area contributed by atoms with Crippen molar-refractivity contribution in [2.24, 2.45) is 0 Å². The quantitative estimate of drug-likeness (QED) is 0.712. The van der Waals surface area contributed by atoms with Crippen LogP contribution in [0.3, 0.4) is 0 Å². The number of anilines is 1. The molecule has 0 aliphatic carbocycles. The van der Waals surface area contributed by atoms with Crippen molar-refractivity contribution in [1.82, 2.24) is 4.98 Å². The molecule has 0 aromatic carbocycles. The Kier molecular flexibility index (Phi) is 3.25. The summed E-state index contributed by atoms with van der Waals surface area (Å²) in [7, 11) is 1.75. The van der Waals surface area contributed by atoms with E-state index in [-0.39, 0.29) is 5.97 Å². The summed E-state index contributed by atoms with van der Waals surface area (Å²) in [6.07, 6.45) is 3.11. The topological polar surface area (TPSA) is 51.2 Å². The van der Waals surface area contributed by atoms with Crippen molar-refractivity contribution in [3.63, 3.8) is 0 Å². The molecule has 0 aliphatic rings. The van der Waals surface area contributed by atoms with Gasteiger partial charge in [0.2, 0.25) is 0 Å². The fourth-order valence-corrected chi connectivity index (χ4v) is 0.984. The summed E-state index contributed by atoms with van der Waals surface area (Å²) in [4.78, 5) is 15.2. The van der Waals surface area contributed by atoms with Crippen LogP contribution in [0.15, 0.2) is 18.5 Å². The lowest BCUT2D eigenvalue weighted by atomic mass is 10.2. The second-order valence-corrected chi connectivity index (χ2v) is 2.39. The average molecular weight is 180 g/mol. The van der Waals surface area contributed by atoms with Crippen LogP contribution in [0.1, 0.15) is 17.3 Å². The first-order valence-electron chi connectivity index (χ1n) is 4.08. The molecule has 13 heavy (non-hydrogen) atoms. The standard InChI is InChI=1S/C9H12N2O2/c1-3-13-9(12)7-6-11-5-4-8(7)10-2/h4-6H,3H2,1-2H3,(H,10,11). The Hall–Kier alpha value is -1.58. The van der Waals surface area contributed by atoms with Gasteiger partial charge in [0.05, 0.1) is 12.3 Å². The van der Waals surface area contributed by atoms with Crippen LogP contribution in [0.25, 0.3) is 0 Å². The highest BCUT2D eigenvalue weighted by Gasteiger charge is 2.10. The Morgan fingerprint density at radius 2 is 2.46 bits per heavy atom. The zero-order valence-corrected chi connectivity index (χ0v) is 7.70. The molecule has 70 valence electrons. The lowest BCUT2D eigenvalue weighted by Crippen LogP contribution is -2.08. The molecule has 0 radical (unpaired) electrons. The number of pyridine rings is 1. The van der Waals surface area contributed by atoms with E-state index in [4.69, 9.17) is 4.74 Å². The number of aromatic nitrogens is 1.